The highest BCUT2D eigenvalue weighted by Crippen LogP contribution is 2.08. The maximum absolute atomic E-state index is 11.8. The number of nitrogens with one attached hydrogen (secondary N) is 1. The van der Waals surface area contributed by atoms with Crippen LogP contribution in [0.5, 0.6) is 0 Å². The molecule has 0 saturated carbocycles. The van der Waals surface area contributed by atoms with Crippen LogP contribution < -0.4 is 5.32 Å². The minimum Gasteiger partial charge on any atom is -0.383 e. The van der Waals surface area contributed by atoms with Crippen LogP contribution in [0.15, 0.2) is 18.3 Å². The standard InChI is InChI=1S/C14H23N3O2/c1-4-5-9-19-10-8-15-12-6-7-16-13(11-12)14(18)17(2)3/h6-7,11H,4-5,8-10H2,1-3H3,(H,15,16). The lowest BCUT2D eigenvalue weighted by atomic mass is 10.3. The third kappa shape index (κ3) is 5.70. The zero-order valence-corrected chi connectivity index (χ0v) is 12.0. The molecule has 106 valence electrons. The summed E-state index contributed by atoms with van der Waals surface area (Å²) in [6.45, 7) is 4.34. The molecular weight excluding hydrogens is 242 g/mol. The number of anilines is 1. The second kappa shape index (κ2) is 8.48. The van der Waals surface area contributed by atoms with Gasteiger partial charge in [0.1, 0.15) is 5.69 Å². The fourth-order valence-corrected chi connectivity index (χ4v) is 1.50. The zero-order valence-electron chi connectivity index (χ0n) is 12.0. The Labute approximate surface area is 115 Å². The molecule has 0 spiro atoms. The van der Waals surface area contributed by atoms with E-state index in [2.05, 4.69) is 17.2 Å². The molecule has 0 bridgehead atoms. The average Bonchev–Trinajstić information content (AvgIpc) is 2.42. The van der Waals surface area contributed by atoms with Gasteiger partial charge in [-0.15, -0.1) is 0 Å². The van der Waals surface area contributed by atoms with Crippen molar-refractivity contribution in [2.45, 2.75) is 19.8 Å². The van der Waals surface area contributed by atoms with Crippen LogP contribution in [-0.4, -0.2) is 49.6 Å². The van der Waals surface area contributed by atoms with Crippen LogP contribution in [0.4, 0.5) is 5.69 Å². The van der Waals surface area contributed by atoms with Gasteiger partial charge in [0.25, 0.3) is 5.91 Å². The second-order valence-corrected chi connectivity index (χ2v) is 4.52. The number of hydrogen-bond acceptors (Lipinski definition) is 4. The Balaban J connectivity index is 2.38. The van der Waals surface area contributed by atoms with Gasteiger partial charge in [0.2, 0.25) is 0 Å². The molecule has 1 aromatic heterocycles. The highest BCUT2D eigenvalue weighted by atomic mass is 16.5. The third-order valence-corrected chi connectivity index (χ3v) is 2.60. The van der Waals surface area contributed by atoms with E-state index in [0.717, 1.165) is 31.7 Å². The normalized spacial score (nSPS) is 10.3. The van der Waals surface area contributed by atoms with Crippen molar-refractivity contribution in [2.75, 3.05) is 39.2 Å². The molecule has 0 atom stereocenters. The molecule has 1 heterocycles. The van der Waals surface area contributed by atoms with Gasteiger partial charge in [0.05, 0.1) is 6.61 Å². The molecule has 0 saturated heterocycles. The van der Waals surface area contributed by atoms with Gasteiger partial charge in [-0.2, -0.15) is 0 Å². The molecule has 19 heavy (non-hydrogen) atoms. The molecule has 0 aliphatic carbocycles. The molecule has 0 aliphatic heterocycles. The Morgan fingerprint density at radius 1 is 1.42 bits per heavy atom. The van der Waals surface area contributed by atoms with Crippen LogP contribution in [0.3, 0.4) is 0 Å². The molecule has 1 amide bonds. The Morgan fingerprint density at radius 2 is 2.21 bits per heavy atom. The van der Waals surface area contributed by atoms with Crippen LogP contribution >= 0.6 is 0 Å². The highest BCUT2D eigenvalue weighted by Gasteiger charge is 2.09. The van der Waals surface area contributed by atoms with Gasteiger partial charge in [-0.05, 0) is 18.6 Å². The number of rotatable bonds is 8. The quantitative estimate of drug-likeness (QED) is 0.731. The highest BCUT2D eigenvalue weighted by molar-refractivity contribution is 5.92. The maximum atomic E-state index is 11.8. The van der Waals surface area contributed by atoms with E-state index in [1.807, 2.05) is 6.07 Å². The van der Waals surface area contributed by atoms with Crippen molar-refractivity contribution in [3.63, 3.8) is 0 Å². The monoisotopic (exact) mass is 265 g/mol. The van der Waals surface area contributed by atoms with Crippen molar-refractivity contribution >= 4 is 11.6 Å². The first-order valence-corrected chi connectivity index (χ1v) is 6.64. The Morgan fingerprint density at radius 3 is 2.89 bits per heavy atom. The number of hydrogen-bond donors (Lipinski definition) is 1. The molecule has 0 aliphatic rings. The van der Waals surface area contributed by atoms with Crippen molar-refractivity contribution in [3.8, 4) is 0 Å². The number of carbonyl (C=O) groups is 1. The SMILES string of the molecule is CCCCOCCNc1ccnc(C(=O)N(C)C)c1. The summed E-state index contributed by atoms with van der Waals surface area (Å²) in [6.07, 6.45) is 3.88. The molecule has 0 fully saturated rings. The van der Waals surface area contributed by atoms with Crippen molar-refractivity contribution in [1.82, 2.24) is 9.88 Å². The molecule has 0 unspecified atom stereocenters. The van der Waals surface area contributed by atoms with Crippen molar-refractivity contribution in [3.05, 3.63) is 24.0 Å². The van der Waals surface area contributed by atoms with Gasteiger partial charge in [0, 0.05) is 39.1 Å². The summed E-state index contributed by atoms with van der Waals surface area (Å²) in [5.41, 5.74) is 1.33. The van der Waals surface area contributed by atoms with Crippen LogP contribution in [0.2, 0.25) is 0 Å². The predicted octanol–water partition coefficient (Wildman–Crippen LogP) is 2.01. The van der Waals surface area contributed by atoms with E-state index in [-0.39, 0.29) is 5.91 Å². The second-order valence-electron chi connectivity index (χ2n) is 4.52. The average molecular weight is 265 g/mol. The van der Waals surface area contributed by atoms with Crippen LogP contribution in [0.1, 0.15) is 30.3 Å². The fourth-order valence-electron chi connectivity index (χ4n) is 1.50. The zero-order chi connectivity index (χ0) is 14.1. The van der Waals surface area contributed by atoms with E-state index in [9.17, 15) is 4.79 Å². The number of ether oxygens (including phenoxy) is 1. The number of amides is 1. The molecule has 1 rings (SSSR count). The summed E-state index contributed by atoms with van der Waals surface area (Å²) in [5.74, 6) is -0.0946. The summed E-state index contributed by atoms with van der Waals surface area (Å²) in [5, 5.41) is 3.22. The van der Waals surface area contributed by atoms with E-state index in [0.29, 0.717) is 12.3 Å². The molecular formula is C14H23N3O2. The van der Waals surface area contributed by atoms with E-state index >= 15 is 0 Å². The van der Waals surface area contributed by atoms with E-state index in [4.69, 9.17) is 4.74 Å². The molecule has 5 nitrogen and oxygen atoms in total. The predicted molar refractivity (Wildman–Crippen MR) is 76.5 cm³/mol. The first-order chi connectivity index (χ1) is 9.15. The summed E-state index contributed by atoms with van der Waals surface area (Å²) < 4.78 is 5.46. The van der Waals surface area contributed by atoms with E-state index in [1.54, 1.807) is 26.4 Å². The van der Waals surface area contributed by atoms with E-state index in [1.165, 1.54) is 4.90 Å². The first kappa shape index (κ1) is 15.4. The summed E-state index contributed by atoms with van der Waals surface area (Å²) in [7, 11) is 3.43. The summed E-state index contributed by atoms with van der Waals surface area (Å²) in [4.78, 5) is 17.3. The molecule has 1 N–H and O–H groups in total. The Kier molecular flexibility index (Phi) is 6.89. The maximum Gasteiger partial charge on any atom is 0.272 e. The van der Waals surface area contributed by atoms with Gasteiger partial charge < -0.3 is 15.0 Å². The number of nitrogens with zero attached hydrogens (tertiary/aromatic N) is 2. The summed E-state index contributed by atoms with van der Waals surface area (Å²) >= 11 is 0. The smallest absolute Gasteiger partial charge is 0.272 e. The molecule has 0 aromatic carbocycles. The minimum absolute atomic E-state index is 0.0946. The number of carbonyl (C=O) groups excluding carboxylic acids is 1. The largest absolute Gasteiger partial charge is 0.383 e. The van der Waals surface area contributed by atoms with Gasteiger partial charge in [-0.25, -0.2) is 0 Å². The van der Waals surface area contributed by atoms with Gasteiger partial charge in [-0.3, -0.25) is 9.78 Å². The lowest BCUT2D eigenvalue weighted by Gasteiger charge is -2.11. The van der Waals surface area contributed by atoms with Crippen LogP contribution in [0, 0.1) is 0 Å². The van der Waals surface area contributed by atoms with Crippen molar-refractivity contribution in [2.24, 2.45) is 0 Å². The summed E-state index contributed by atoms with van der Waals surface area (Å²) in [6, 6.07) is 3.60. The van der Waals surface area contributed by atoms with Crippen LogP contribution in [0.25, 0.3) is 0 Å². The minimum atomic E-state index is -0.0946. The van der Waals surface area contributed by atoms with E-state index < -0.39 is 0 Å². The Bertz CT molecular complexity index is 394. The van der Waals surface area contributed by atoms with Gasteiger partial charge in [-0.1, -0.05) is 13.3 Å². The number of pyridine rings is 1. The first-order valence-electron chi connectivity index (χ1n) is 6.64. The lowest BCUT2D eigenvalue weighted by Crippen LogP contribution is -2.22. The Hall–Kier alpha value is -1.62. The molecule has 1 aromatic rings. The molecule has 5 heteroatoms. The topological polar surface area (TPSA) is 54.5 Å². The van der Waals surface area contributed by atoms with Gasteiger partial charge >= 0.3 is 0 Å². The van der Waals surface area contributed by atoms with Gasteiger partial charge in [0.15, 0.2) is 0 Å². The number of unbranched alkanes of at least 4 members (excludes halogenated alkanes) is 1. The fraction of sp³-hybridized carbons (Fsp3) is 0.571. The lowest BCUT2D eigenvalue weighted by molar-refractivity contribution is 0.0822. The van der Waals surface area contributed by atoms with Crippen molar-refractivity contribution < 1.29 is 9.53 Å². The third-order valence-electron chi connectivity index (χ3n) is 2.60. The van der Waals surface area contributed by atoms with Crippen molar-refractivity contribution in [1.29, 1.82) is 0 Å². The number of aromatic nitrogens is 1. The molecule has 0 radical (unpaired) electrons. The van der Waals surface area contributed by atoms with Crippen LogP contribution in [-0.2, 0) is 4.74 Å².